The molecule has 1 aromatic heterocycles. The van der Waals surface area contributed by atoms with Crippen LogP contribution in [0.15, 0.2) is 64.8 Å². The summed E-state index contributed by atoms with van der Waals surface area (Å²) in [6.45, 7) is 5.21. The third kappa shape index (κ3) is 3.36. The number of hydrogen-bond donors (Lipinski definition) is 1. The predicted octanol–water partition coefficient (Wildman–Crippen LogP) is 4.35. The first-order valence-corrected chi connectivity index (χ1v) is 10.8. The van der Waals surface area contributed by atoms with Crippen LogP contribution in [0.25, 0.3) is 5.76 Å². The van der Waals surface area contributed by atoms with Crippen molar-refractivity contribution in [2.75, 3.05) is 30.0 Å². The Bertz CT molecular complexity index is 1290. The highest BCUT2D eigenvalue weighted by Crippen LogP contribution is 2.43. The molecule has 1 amide bonds. The maximum absolute atomic E-state index is 13.2. The van der Waals surface area contributed by atoms with Gasteiger partial charge in [0.2, 0.25) is 0 Å². The van der Waals surface area contributed by atoms with E-state index in [1.807, 2.05) is 37.9 Å². The number of Topliss-reactive ketones (excluding diaryl/α,β-unsaturated/α-hetero) is 1. The standard InChI is InChI=1S/C26H24N2O5/c1-15-6-8-18(13-16(15)2)28-23(21-5-4-11-32-21)22(25(30)26(28)31)24(29)17-7-9-20-19(14-17)27(3)10-12-33-20/h4-9,11,13-14,23,29H,10,12H2,1-3H3/b24-22-. The Morgan fingerprint density at radius 2 is 1.88 bits per heavy atom. The van der Waals surface area contributed by atoms with Crippen LogP contribution in [0.1, 0.15) is 28.5 Å². The molecular formula is C26H24N2O5. The minimum atomic E-state index is -0.882. The van der Waals surface area contributed by atoms with E-state index < -0.39 is 17.7 Å². The van der Waals surface area contributed by atoms with Gasteiger partial charge in [-0.3, -0.25) is 14.5 Å². The third-order valence-electron chi connectivity index (χ3n) is 6.35. The van der Waals surface area contributed by atoms with Crippen molar-refractivity contribution in [1.82, 2.24) is 0 Å². The Labute approximate surface area is 191 Å². The van der Waals surface area contributed by atoms with Gasteiger partial charge in [0.15, 0.2) is 0 Å². The van der Waals surface area contributed by atoms with Crippen molar-refractivity contribution in [3.05, 3.63) is 82.8 Å². The predicted molar refractivity (Wildman–Crippen MR) is 125 cm³/mol. The third-order valence-corrected chi connectivity index (χ3v) is 6.35. The Kier molecular flexibility index (Phi) is 4.96. The summed E-state index contributed by atoms with van der Waals surface area (Å²) in [4.78, 5) is 29.8. The molecule has 0 bridgehead atoms. The number of amides is 1. The molecule has 168 valence electrons. The Balaban J connectivity index is 1.68. The number of carbonyl (C=O) groups excluding carboxylic acids is 2. The molecule has 33 heavy (non-hydrogen) atoms. The van der Waals surface area contributed by atoms with Crippen molar-refractivity contribution in [3.63, 3.8) is 0 Å². The second-order valence-electron chi connectivity index (χ2n) is 8.41. The van der Waals surface area contributed by atoms with Crippen LogP contribution in [-0.2, 0) is 9.59 Å². The molecule has 2 aliphatic heterocycles. The molecule has 0 spiro atoms. The number of rotatable bonds is 3. The molecule has 2 aliphatic rings. The lowest BCUT2D eigenvalue weighted by molar-refractivity contribution is -0.132. The molecule has 2 aromatic carbocycles. The first kappa shape index (κ1) is 20.9. The molecule has 7 heteroatoms. The van der Waals surface area contributed by atoms with E-state index in [-0.39, 0.29) is 11.3 Å². The zero-order chi connectivity index (χ0) is 23.3. The first-order valence-electron chi connectivity index (χ1n) is 10.8. The highest BCUT2D eigenvalue weighted by molar-refractivity contribution is 6.51. The molecule has 1 saturated heterocycles. The summed E-state index contributed by atoms with van der Waals surface area (Å²) >= 11 is 0. The number of anilines is 2. The van der Waals surface area contributed by atoms with Crippen molar-refractivity contribution < 1.29 is 23.8 Å². The molecule has 3 heterocycles. The lowest BCUT2D eigenvalue weighted by Crippen LogP contribution is -2.29. The number of carbonyl (C=O) groups is 2. The number of fused-ring (bicyclic) bond motifs is 1. The SMILES string of the molecule is Cc1ccc(N2C(=O)C(=O)/C(=C(\O)c3ccc4c(c3)N(C)CCO4)C2c2ccco2)cc1C. The minimum absolute atomic E-state index is 0.00694. The van der Waals surface area contributed by atoms with E-state index in [2.05, 4.69) is 0 Å². The normalized spacial score (nSPS) is 19.5. The largest absolute Gasteiger partial charge is 0.507 e. The van der Waals surface area contributed by atoms with Crippen LogP contribution < -0.4 is 14.5 Å². The van der Waals surface area contributed by atoms with E-state index in [1.54, 1.807) is 36.4 Å². The molecule has 0 radical (unpaired) electrons. The molecule has 1 N–H and O–H groups in total. The molecular weight excluding hydrogens is 420 g/mol. The highest BCUT2D eigenvalue weighted by Gasteiger charge is 2.48. The van der Waals surface area contributed by atoms with Crippen molar-refractivity contribution in [2.45, 2.75) is 19.9 Å². The molecule has 0 aliphatic carbocycles. The van der Waals surface area contributed by atoms with Gasteiger partial charge in [-0.1, -0.05) is 6.07 Å². The first-order chi connectivity index (χ1) is 15.9. The number of aryl methyl sites for hydroxylation is 2. The molecule has 1 fully saturated rings. The van der Waals surface area contributed by atoms with E-state index in [0.717, 1.165) is 16.8 Å². The average molecular weight is 444 g/mol. The minimum Gasteiger partial charge on any atom is -0.507 e. The van der Waals surface area contributed by atoms with Gasteiger partial charge >= 0.3 is 0 Å². The second-order valence-corrected chi connectivity index (χ2v) is 8.41. The summed E-state index contributed by atoms with van der Waals surface area (Å²) in [7, 11) is 1.94. The fraction of sp³-hybridized carbons (Fsp3) is 0.231. The number of hydrogen-bond acceptors (Lipinski definition) is 6. The number of nitrogens with zero attached hydrogens (tertiary/aromatic N) is 2. The zero-order valence-corrected chi connectivity index (χ0v) is 18.7. The smallest absolute Gasteiger partial charge is 0.300 e. The maximum atomic E-state index is 13.2. The van der Waals surface area contributed by atoms with Gasteiger partial charge in [-0.05, 0) is 67.4 Å². The monoisotopic (exact) mass is 444 g/mol. The molecule has 0 saturated carbocycles. The quantitative estimate of drug-likeness (QED) is 0.367. The number of aliphatic hydroxyl groups excluding tert-OH is 1. The number of benzene rings is 2. The van der Waals surface area contributed by atoms with Gasteiger partial charge in [0, 0.05) is 18.3 Å². The lowest BCUT2D eigenvalue weighted by Gasteiger charge is -2.28. The molecule has 1 atom stereocenters. The van der Waals surface area contributed by atoms with E-state index in [0.29, 0.717) is 35.9 Å². The summed E-state index contributed by atoms with van der Waals surface area (Å²) in [5.74, 6) is -0.609. The Hall–Kier alpha value is -4.00. The van der Waals surface area contributed by atoms with Gasteiger partial charge in [0.25, 0.3) is 11.7 Å². The number of likely N-dealkylation sites (N-methyl/N-ethyl adjacent to an activating group) is 1. The van der Waals surface area contributed by atoms with Crippen LogP contribution in [0.4, 0.5) is 11.4 Å². The van der Waals surface area contributed by atoms with Crippen molar-refractivity contribution in [1.29, 1.82) is 0 Å². The van der Waals surface area contributed by atoms with Crippen molar-refractivity contribution >= 4 is 28.8 Å². The number of furan rings is 1. The fourth-order valence-corrected chi connectivity index (χ4v) is 4.34. The summed E-state index contributed by atoms with van der Waals surface area (Å²) in [5, 5.41) is 11.3. The van der Waals surface area contributed by atoms with Gasteiger partial charge < -0.3 is 19.2 Å². The molecule has 3 aromatic rings. The van der Waals surface area contributed by atoms with Gasteiger partial charge in [0.05, 0.1) is 24.1 Å². The number of aliphatic hydroxyl groups is 1. The van der Waals surface area contributed by atoms with Crippen molar-refractivity contribution in [3.8, 4) is 5.75 Å². The fourth-order valence-electron chi connectivity index (χ4n) is 4.34. The lowest BCUT2D eigenvalue weighted by atomic mass is 9.98. The van der Waals surface area contributed by atoms with E-state index in [9.17, 15) is 14.7 Å². The van der Waals surface area contributed by atoms with E-state index in [4.69, 9.17) is 9.15 Å². The summed E-state index contributed by atoms with van der Waals surface area (Å²) in [5.41, 5.74) is 3.87. The van der Waals surface area contributed by atoms with Crippen LogP contribution in [0, 0.1) is 13.8 Å². The van der Waals surface area contributed by atoms with E-state index >= 15 is 0 Å². The number of ether oxygens (including phenoxy) is 1. The Morgan fingerprint density at radius 3 is 2.61 bits per heavy atom. The van der Waals surface area contributed by atoms with Crippen LogP contribution in [0.3, 0.4) is 0 Å². The second kappa shape index (κ2) is 7.85. The zero-order valence-electron chi connectivity index (χ0n) is 18.7. The van der Waals surface area contributed by atoms with E-state index in [1.165, 1.54) is 11.2 Å². The average Bonchev–Trinajstić information content (AvgIpc) is 3.42. The van der Waals surface area contributed by atoms with Crippen LogP contribution in [0.2, 0.25) is 0 Å². The Morgan fingerprint density at radius 1 is 1.06 bits per heavy atom. The van der Waals surface area contributed by atoms with Crippen LogP contribution in [-0.4, -0.2) is 37.0 Å². The van der Waals surface area contributed by atoms with Crippen LogP contribution in [0.5, 0.6) is 5.75 Å². The van der Waals surface area contributed by atoms with Gasteiger partial charge in [-0.2, -0.15) is 0 Å². The van der Waals surface area contributed by atoms with Gasteiger partial charge in [-0.15, -0.1) is 0 Å². The van der Waals surface area contributed by atoms with Crippen molar-refractivity contribution in [2.24, 2.45) is 0 Å². The summed E-state index contributed by atoms with van der Waals surface area (Å²) < 4.78 is 11.3. The highest BCUT2D eigenvalue weighted by atomic mass is 16.5. The topological polar surface area (TPSA) is 83.2 Å². The molecule has 1 unspecified atom stereocenters. The summed E-state index contributed by atoms with van der Waals surface area (Å²) in [6.07, 6.45) is 1.49. The maximum Gasteiger partial charge on any atom is 0.300 e. The molecule has 7 nitrogen and oxygen atoms in total. The van der Waals surface area contributed by atoms with Gasteiger partial charge in [0.1, 0.15) is 29.9 Å². The molecule has 5 rings (SSSR count). The van der Waals surface area contributed by atoms with Gasteiger partial charge in [-0.25, -0.2) is 0 Å². The number of ketones is 1. The summed E-state index contributed by atoms with van der Waals surface area (Å²) in [6, 6.07) is 13.3. The van der Waals surface area contributed by atoms with Crippen LogP contribution >= 0.6 is 0 Å².